The third-order valence-corrected chi connectivity index (χ3v) is 8.10. The van der Waals surface area contributed by atoms with Gasteiger partial charge in [0.25, 0.3) is 10.1 Å². The molecule has 1 aliphatic heterocycles. The second-order valence-corrected chi connectivity index (χ2v) is 12.6. The standard InChI is InChI=1S/C34H33N7O7S/c1-23-37-39-33(40-38-23)26-13-15-28(16-14-26)48-20-6-19-35-34(44)29(22-49(45,46)47)36-31(42)17-18-32(43)41-21-27-9-3-2-7-24(27)11-12-25-8-4-5-10-30(25)41/h2-5,7-10,13-16,29H,6,17-22H2,1H3,(H,35,44)(H,36,42)(H,45,46,47)/t29-/m1/s1. The van der Waals surface area contributed by atoms with Crippen molar-refractivity contribution in [2.24, 2.45) is 0 Å². The summed E-state index contributed by atoms with van der Waals surface area (Å²) in [4.78, 5) is 40.7. The number of hydrogen-bond acceptors (Lipinski definition) is 10. The van der Waals surface area contributed by atoms with Crippen molar-refractivity contribution >= 4 is 33.5 Å². The number of rotatable bonds is 13. The van der Waals surface area contributed by atoms with E-state index < -0.39 is 33.7 Å². The maximum absolute atomic E-state index is 13.4. The fourth-order valence-electron chi connectivity index (χ4n) is 4.92. The average molecular weight is 684 g/mol. The lowest BCUT2D eigenvalue weighted by Gasteiger charge is -2.26. The molecule has 1 aliphatic rings. The van der Waals surface area contributed by atoms with Crippen molar-refractivity contribution in [2.75, 3.05) is 23.8 Å². The van der Waals surface area contributed by atoms with Gasteiger partial charge in [-0.15, -0.1) is 20.4 Å². The van der Waals surface area contributed by atoms with Crippen LogP contribution in [-0.2, 0) is 31.0 Å². The molecule has 49 heavy (non-hydrogen) atoms. The summed E-state index contributed by atoms with van der Waals surface area (Å²) in [6.45, 7) is 2.24. The monoisotopic (exact) mass is 683 g/mol. The van der Waals surface area contributed by atoms with Gasteiger partial charge < -0.3 is 20.3 Å². The van der Waals surface area contributed by atoms with Crippen LogP contribution in [0.2, 0.25) is 0 Å². The Morgan fingerprint density at radius 1 is 0.918 bits per heavy atom. The third-order valence-electron chi connectivity index (χ3n) is 7.35. The Hall–Kier alpha value is -5.72. The minimum Gasteiger partial charge on any atom is -0.494 e. The van der Waals surface area contributed by atoms with Gasteiger partial charge in [0.2, 0.25) is 23.5 Å². The summed E-state index contributed by atoms with van der Waals surface area (Å²) >= 11 is 0. The Morgan fingerprint density at radius 2 is 1.59 bits per heavy atom. The van der Waals surface area contributed by atoms with Crippen LogP contribution in [-0.4, -0.2) is 76.0 Å². The van der Waals surface area contributed by atoms with Gasteiger partial charge in [-0.3, -0.25) is 18.9 Å². The second kappa shape index (κ2) is 15.9. The molecule has 0 radical (unpaired) electrons. The lowest BCUT2D eigenvalue weighted by atomic mass is 10.0. The zero-order chi connectivity index (χ0) is 34.8. The minimum atomic E-state index is -4.63. The maximum atomic E-state index is 13.4. The van der Waals surface area contributed by atoms with Crippen molar-refractivity contribution in [3.05, 3.63) is 95.3 Å². The fourth-order valence-corrected chi connectivity index (χ4v) is 5.57. The van der Waals surface area contributed by atoms with E-state index in [1.807, 2.05) is 36.4 Å². The fraction of sp³-hybridized carbons (Fsp3) is 0.265. The number of fused-ring (bicyclic) bond motifs is 2. The second-order valence-electron chi connectivity index (χ2n) is 11.1. The van der Waals surface area contributed by atoms with E-state index in [0.717, 1.165) is 11.1 Å². The SMILES string of the molecule is Cc1nnc(-c2ccc(OCCCNC(=O)[C@@H](CS(=O)(=O)O)NC(=O)CCC(=O)N3Cc4ccccc4C#Cc4ccccc43)cc2)nn1. The van der Waals surface area contributed by atoms with Crippen LogP contribution in [0.15, 0.2) is 72.8 Å². The molecule has 0 aliphatic carbocycles. The number of para-hydroxylation sites is 1. The van der Waals surface area contributed by atoms with Crippen LogP contribution in [0.4, 0.5) is 5.69 Å². The van der Waals surface area contributed by atoms with Crippen LogP contribution in [0.5, 0.6) is 5.75 Å². The van der Waals surface area contributed by atoms with Crippen LogP contribution in [0.1, 0.15) is 41.8 Å². The van der Waals surface area contributed by atoms with E-state index in [1.54, 1.807) is 48.2 Å². The molecule has 3 amide bonds. The highest BCUT2D eigenvalue weighted by Crippen LogP contribution is 2.26. The van der Waals surface area contributed by atoms with Gasteiger partial charge in [-0.2, -0.15) is 8.42 Å². The minimum absolute atomic E-state index is 0.0977. The van der Waals surface area contributed by atoms with Gasteiger partial charge in [0.05, 0.1) is 18.8 Å². The normalized spacial score (nSPS) is 12.6. The van der Waals surface area contributed by atoms with Crippen LogP contribution >= 0.6 is 0 Å². The molecule has 0 bridgehead atoms. The Labute approximate surface area is 283 Å². The lowest BCUT2D eigenvalue weighted by Crippen LogP contribution is -2.50. The van der Waals surface area contributed by atoms with E-state index >= 15 is 0 Å². The van der Waals surface area contributed by atoms with Crippen LogP contribution in [0.3, 0.4) is 0 Å². The Kier molecular flexibility index (Phi) is 11.2. The number of benzene rings is 3. The third kappa shape index (κ3) is 9.89. The number of hydrogen-bond donors (Lipinski definition) is 3. The van der Waals surface area contributed by atoms with Crippen molar-refractivity contribution in [1.82, 2.24) is 31.0 Å². The molecule has 4 aromatic rings. The summed E-state index contributed by atoms with van der Waals surface area (Å²) in [5, 5.41) is 20.6. The van der Waals surface area contributed by atoms with Gasteiger partial charge in [0.1, 0.15) is 17.5 Å². The molecule has 5 rings (SSSR count). The molecule has 3 aromatic carbocycles. The Bertz CT molecular complexity index is 1990. The first kappa shape index (κ1) is 34.6. The lowest BCUT2D eigenvalue weighted by molar-refractivity contribution is -0.129. The Morgan fingerprint density at radius 3 is 2.33 bits per heavy atom. The predicted octanol–water partition coefficient (Wildman–Crippen LogP) is 2.23. The van der Waals surface area contributed by atoms with Crippen LogP contribution in [0.25, 0.3) is 11.4 Å². The zero-order valence-corrected chi connectivity index (χ0v) is 27.3. The predicted molar refractivity (Wildman–Crippen MR) is 179 cm³/mol. The molecular formula is C34H33N7O7S. The van der Waals surface area contributed by atoms with Gasteiger partial charge in [0.15, 0.2) is 5.82 Å². The molecule has 1 atom stereocenters. The highest BCUT2D eigenvalue weighted by Gasteiger charge is 2.27. The van der Waals surface area contributed by atoms with E-state index in [4.69, 9.17) is 4.74 Å². The number of amides is 3. The van der Waals surface area contributed by atoms with Crippen molar-refractivity contribution in [2.45, 2.75) is 38.8 Å². The highest BCUT2D eigenvalue weighted by molar-refractivity contribution is 7.85. The summed E-state index contributed by atoms with van der Waals surface area (Å²) in [6, 6.07) is 20.0. The molecule has 14 nitrogen and oxygen atoms in total. The summed E-state index contributed by atoms with van der Waals surface area (Å²) in [5.41, 5.74) is 3.61. The molecule has 0 unspecified atom stereocenters. The summed E-state index contributed by atoms with van der Waals surface area (Å²) < 4.78 is 38.4. The molecule has 0 spiro atoms. The molecule has 252 valence electrons. The molecule has 0 saturated carbocycles. The van der Waals surface area contributed by atoms with E-state index in [1.165, 1.54) is 0 Å². The first-order chi connectivity index (χ1) is 23.6. The van der Waals surface area contributed by atoms with E-state index in [0.29, 0.717) is 40.6 Å². The van der Waals surface area contributed by atoms with Crippen molar-refractivity contribution in [1.29, 1.82) is 0 Å². The number of nitrogens with one attached hydrogen (secondary N) is 2. The quantitative estimate of drug-likeness (QED) is 0.106. The van der Waals surface area contributed by atoms with Crippen molar-refractivity contribution in [3.8, 4) is 29.0 Å². The van der Waals surface area contributed by atoms with Crippen molar-refractivity contribution < 1.29 is 32.1 Å². The number of aryl methyl sites for hydroxylation is 1. The smallest absolute Gasteiger partial charge is 0.267 e. The van der Waals surface area contributed by atoms with Gasteiger partial charge in [-0.05, 0) is 61.4 Å². The van der Waals surface area contributed by atoms with E-state index in [9.17, 15) is 27.4 Å². The number of carbonyl (C=O) groups excluding carboxylic acids is 3. The first-order valence-corrected chi connectivity index (χ1v) is 17.0. The van der Waals surface area contributed by atoms with E-state index in [2.05, 4.69) is 42.9 Å². The highest BCUT2D eigenvalue weighted by atomic mass is 32.2. The number of anilines is 1. The zero-order valence-electron chi connectivity index (χ0n) is 26.5. The largest absolute Gasteiger partial charge is 0.494 e. The summed E-state index contributed by atoms with van der Waals surface area (Å²) in [6.07, 6.45) is -0.190. The number of nitrogens with zero attached hydrogens (tertiary/aromatic N) is 5. The van der Waals surface area contributed by atoms with E-state index in [-0.39, 0.29) is 38.4 Å². The number of ether oxygens (including phenoxy) is 1. The molecule has 3 N–H and O–H groups in total. The average Bonchev–Trinajstić information content (AvgIpc) is 3.08. The molecule has 1 aromatic heterocycles. The molecule has 2 heterocycles. The molecule has 0 saturated heterocycles. The van der Waals surface area contributed by atoms with Crippen LogP contribution in [0, 0.1) is 18.8 Å². The van der Waals surface area contributed by atoms with Crippen molar-refractivity contribution in [3.63, 3.8) is 0 Å². The summed E-state index contributed by atoms with van der Waals surface area (Å²) in [7, 11) is -4.63. The van der Waals surface area contributed by atoms with Gasteiger partial charge >= 0.3 is 0 Å². The number of aromatic nitrogens is 4. The topological polar surface area (TPSA) is 194 Å². The number of carbonyl (C=O) groups is 3. The Balaban J connectivity index is 1.11. The van der Waals surface area contributed by atoms with Gasteiger partial charge in [0, 0.05) is 36.1 Å². The summed E-state index contributed by atoms with van der Waals surface area (Å²) in [5.74, 6) is 4.72. The molecular weight excluding hydrogens is 650 g/mol. The maximum Gasteiger partial charge on any atom is 0.267 e. The molecule has 15 heteroatoms. The van der Waals surface area contributed by atoms with Gasteiger partial charge in [-0.1, -0.05) is 42.2 Å². The van der Waals surface area contributed by atoms with Gasteiger partial charge in [-0.25, -0.2) is 0 Å². The van der Waals surface area contributed by atoms with Crippen LogP contribution < -0.4 is 20.3 Å². The first-order valence-electron chi connectivity index (χ1n) is 15.3. The molecule has 0 fully saturated rings.